The minimum absolute atomic E-state index is 0.0346. The molecule has 2 aromatic carbocycles. The molecule has 11 heteroatoms. The van der Waals surface area contributed by atoms with Crippen molar-refractivity contribution in [2.75, 3.05) is 41.7 Å². The van der Waals surface area contributed by atoms with Gasteiger partial charge in [-0.2, -0.15) is 13.2 Å². The summed E-state index contributed by atoms with van der Waals surface area (Å²) in [6.07, 6.45) is -4.60. The van der Waals surface area contributed by atoms with Crippen molar-refractivity contribution in [2.45, 2.75) is 20.0 Å². The lowest BCUT2D eigenvalue weighted by Gasteiger charge is -2.35. The molecule has 1 aliphatic heterocycles. The summed E-state index contributed by atoms with van der Waals surface area (Å²) in [5, 5.41) is 5.40. The summed E-state index contributed by atoms with van der Waals surface area (Å²) < 4.78 is 39.3. The van der Waals surface area contributed by atoms with E-state index in [1.54, 1.807) is 4.90 Å². The molecule has 0 spiro atoms. The zero-order valence-corrected chi connectivity index (χ0v) is 19.9. The first kappa shape index (κ1) is 24.6. The molecular formula is C24H24ClF3N6O. The Bertz CT molecular complexity index is 1210. The summed E-state index contributed by atoms with van der Waals surface area (Å²) in [4.78, 5) is 25.2. The van der Waals surface area contributed by atoms with Crippen LogP contribution in [0, 0.1) is 13.8 Å². The molecule has 4 rings (SSSR count). The number of aromatic nitrogens is 2. The first-order chi connectivity index (χ1) is 16.6. The van der Waals surface area contributed by atoms with Crippen LogP contribution >= 0.6 is 11.6 Å². The zero-order valence-electron chi connectivity index (χ0n) is 19.2. The lowest BCUT2D eigenvalue weighted by molar-refractivity contribution is -0.137. The predicted octanol–water partition coefficient (Wildman–Crippen LogP) is 5.86. The molecule has 1 aliphatic rings. The molecular weight excluding hydrogens is 481 g/mol. The second-order valence-electron chi connectivity index (χ2n) is 8.25. The average molecular weight is 505 g/mol. The number of rotatable bonds is 4. The van der Waals surface area contributed by atoms with E-state index in [1.807, 2.05) is 49.1 Å². The summed E-state index contributed by atoms with van der Waals surface area (Å²) in [6, 6.07) is 12.7. The van der Waals surface area contributed by atoms with E-state index in [2.05, 4.69) is 20.6 Å². The SMILES string of the molecule is Cc1ccc(Nc2cc(N3CCN(C(=O)Nc4ccc(Cl)c(C(F)(F)F)c4)CC3)nc(C)n2)cc1. The number of nitrogens with zero attached hydrogens (tertiary/aromatic N) is 4. The molecule has 2 N–H and O–H groups in total. The minimum Gasteiger partial charge on any atom is -0.353 e. The van der Waals surface area contributed by atoms with Crippen LogP contribution in [0.3, 0.4) is 0 Å². The van der Waals surface area contributed by atoms with E-state index in [4.69, 9.17) is 11.6 Å². The quantitative estimate of drug-likeness (QED) is 0.465. The van der Waals surface area contributed by atoms with Crippen LogP contribution in [0.15, 0.2) is 48.5 Å². The molecule has 0 saturated carbocycles. The molecule has 1 aromatic heterocycles. The number of hydrogen-bond donors (Lipinski definition) is 2. The van der Waals surface area contributed by atoms with Crippen molar-refractivity contribution in [3.05, 3.63) is 70.5 Å². The van der Waals surface area contributed by atoms with E-state index in [9.17, 15) is 18.0 Å². The van der Waals surface area contributed by atoms with Gasteiger partial charge in [0.25, 0.3) is 0 Å². The third-order valence-electron chi connectivity index (χ3n) is 5.56. The Morgan fingerprint density at radius 1 is 0.943 bits per heavy atom. The van der Waals surface area contributed by atoms with Crippen LogP contribution in [-0.2, 0) is 6.18 Å². The largest absolute Gasteiger partial charge is 0.417 e. The highest BCUT2D eigenvalue weighted by atomic mass is 35.5. The van der Waals surface area contributed by atoms with Crippen molar-refractivity contribution in [2.24, 2.45) is 0 Å². The van der Waals surface area contributed by atoms with Crippen molar-refractivity contribution < 1.29 is 18.0 Å². The number of piperazine rings is 1. The van der Waals surface area contributed by atoms with Gasteiger partial charge in [0.15, 0.2) is 0 Å². The maximum atomic E-state index is 13.1. The zero-order chi connectivity index (χ0) is 25.2. The second kappa shape index (κ2) is 9.99. The number of urea groups is 1. The number of halogens is 4. The van der Waals surface area contributed by atoms with Gasteiger partial charge in [-0.15, -0.1) is 0 Å². The van der Waals surface area contributed by atoms with Crippen molar-refractivity contribution in [3.8, 4) is 0 Å². The fraction of sp³-hybridized carbons (Fsp3) is 0.292. The van der Waals surface area contributed by atoms with Crippen LogP contribution in [0.2, 0.25) is 5.02 Å². The van der Waals surface area contributed by atoms with E-state index in [-0.39, 0.29) is 5.69 Å². The van der Waals surface area contributed by atoms with Crippen molar-refractivity contribution in [1.29, 1.82) is 0 Å². The van der Waals surface area contributed by atoms with Crippen LogP contribution < -0.4 is 15.5 Å². The van der Waals surface area contributed by atoms with Crippen LogP contribution in [0.5, 0.6) is 0 Å². The highest BCUT2D eigenvalue weighted by Gasteiger charge is 2.33. The smallest absolute Gasteiger partial charge is 0.353 e. The maximum Gasteiger partial charge on any atom is 0.417 e. The average Bonchev–Trinajstić information content (AvgIpc) is 2.81. The Hall–Kier alpha value is -3.53. The number of anilines is 4. The number of amides is 2. The van der Waals surface area contributed by atoms with Gasteiger partial charge in [0.1, 0.15) is 17.5 Å². The molecule has 3 aromatic rings. The number of nitrogens with one attached hydrogen (secondary N) is 2. The van der Waals surface area contributed by atoms with E-state index >= 15 is 0 Å². The second-order valence-corrected chi connectivity index (χ2v) is 8.65. The molecule has 1 fully saturated rings. The molecule has 2 heterocycles. The third kappa shape index (κ3) is 6.13. The molecule has 0 radical (unpaired) electrons. The topological polar surface area (TPSA) is 73.4 Å². The van der Waals surface area contributed by atoms with Crippen LogP contribution in [0.25, 0.3) is 0 Å². The number of carbonyl (C=O) groups is 1. The molecule has 7 nitrogen and oxygen atoms in total. The fourth-order valence-corrected chi connectivity index (χ4v) is 3.95. The van der Waals surface area contributed by atoms with Gasteiger partial charge in [-0.05, 0) is 44.2 Å². The number of hydrogen-bond acceptors (Lipinski definition) is 5. The van der Waals surface area contributed by atoms with Gasteiger partial charge in [-0.3, -0.25) is 0 Å². The molecule has 2 amide bonds. The van der Waals surface area contributed by atoms with Gasteiger partial charge in [0, 0.05) is 43.6 Å². The molecule has 1 saturated heterocycles. The van der Waals surface area contributed by atoms with Crippen LogP contribution in [0.4, 0.5) is 41.0 Å². The standard InChI is InChI=1S/C24H24ClF3N6O/c1-15-3-5-17(6-4-15)31-21-14-22(30-16(2)29-21)33-9-11-34(12-10-33)23(35)32-18-7-8-20(25)19(13-18)24(26,27)28/h3-8,13-14H,9-12H2,1-2H3,(H,32,35)(H,29,30,31). The number of aryl methyl sites for hydroxylation is 2. The molecule has 0 aliphatic carbocycles. The summed E-state index contributed by atoms with van der Waals surface area (Å²) in [6.45, 7) is 5.63. The van der Waals surface area contributed by atoms with E-state index in [0.717, 1.165) is 29.2 Å². The minimum atomic E-state index is -4.60. The Labute approximate surface area is 205 Å². The number of benzene rings is 2. The van der Waals surface area contributed by atoms with E-state index in [0.29, 0.717) is 37.8 Å². The highest BCUT2D eigenvalue weighted by molar-refractivity contribution is 6.31. The van der Waals surface area contributed by atoms with Gasteiger partial charge in [0.05, 0.1) is 10.6 Å². The van der Waals surface area contributed by atoms with E-state index < -0.39 is 22.8 Å². The normalized spacial score (nSPS) is 14.1. The predicted molar refractivity (Wildman–Crippen MR) is 130 cm³/mol. The molecule has 0 unspecified atom stereocenters. The van der Waals surface area contributed by atoms with Crippen molar-refractivity contribution in [1.82, 2.24) is 14.9 Å². The fourth-order valence-electron chi connectivity index (χ4n) is 3.72. The monoisotopic (exact) mass is 504 g/mol. The molecule has 35 heavy (non-hydrogen) atoms. The highest BCUT2D eigenvalue weighted by Crippen LogP contribution is 2.36. The summed E-state index contributed by atoms with van der Waals surface area (Å²) in [7, 11) is 0. The molecule has 0 bridgehead atoms. The van der Waals surface area contributed by atoms with Gasteiger partial charge >= 0.3 is 12.2 Å². The molecule has 184 valence electrons. The summed E-state index contributed by atoms with van der Waals surface area (Å²) in [5.41, 5.74) is 1.12. The van der Waals surface area contributed by atoms with Crippen molar-refractivity contribution >= 4 is 40.6 Å². The van der Waals surface area contributed by atoms with Crippen LogP contribution in [-0.4, -0.2) is 47.1 Å². The summed E-state index contributed by atoms with van der Waals surface area (Å²) >= 11 is 5.65. The van der Waals surface area contributed by atoms with Gasteiger partial charge in [-0.1, -0.05) is 29.3 Å². The van der Waals surface area contributed by atoms with Crippen molar-refractivity contribution in [3.63, 3.8) is 0 Å². The van der Waals surface area contributed by atoms with Gasteiger partial charge in [-0.25, -0.2) is 14.8 Å². The Morgan fingerprint density at radius 2 is 1.60 bits per heavy atom. The van der Waals surface area contributed by atoms with Crippen LogP contribution in [0.1, 0.15) is 17.0 Å². The first-order valence-electron chi connectivity index (χ1n) is 11.0. The number of alkyl halides is 3. The van der Waals surface area contributed by atoms with E-state index in [1.165, 1.54) is 6.07 Å². The lowest BCUT2D eigenvalue weighted by atomic mass is 10.2. The maximum absolute atomic E-state index is 13.1. The Balaban J connectivity index is 1.38. The Kier molecular flexibility index (Phi) is 7.02. The first-order valence-corrected chi connectivity index (χ1v) is 11.3. The lowest BCUT2D eigenvalue weighted by Crippen LogP contribution is -2.50. The third-order valence-corrected chi connectivity index (χ3v) is 5.89. The number of carbonyl (C=O) groups excluding carboxylic acids is 1. The Morgan fingerprint density at radius 3 is 2.26 bits per heavy atom. The van der Waals surface area contributed by atoms with Gasteiger partial charge in [0.2, 0.25) is 0 Å². The molecule has 0 atom stereocenters. The van der Waals surface area contributed by atoms with Gasteiger partial charge < -0.3 is 20.4 Å². The summed E-state index contributed by atoms with van der Waals surface area (Å²) in [5.74, 6) is 2.01.